The fraction of sp³-hybridized carbons (Fsp3) is 0.0833. The molecular formula is C12H9BrClFN2. The number of aromatic nitrogens is 1. The largest absolute Gasteiger partial charge is 0.326 e. The first-order valence-corrected chi connectivity index (χ1v) is 6.06. The van der Waals surface area contributed by atoms with Gasteiger partial charge in [-0.25, -0.2) is 9.37 Å². The van der Waals surface area contributed by atoms with Crippen molar-refractivity contribution >= 4 is 39.0 Å². The second kappa shape index (κ2) is 5.02. The minimum absolute atomic E-state index is 0.293. The molecule has 1 heterocycles. The Balaban J connectivity index is 2.44. The van der Waals surface area contributed by atoms with Crippen LogP contribution in [0.4, 0.5) is 15.9 Å². The second-order valence-corrected chi connectivity index (χ2v) is 4.76. The van der Waals surface area contributed by atoms with Gasteiger partial charge in [0.2, 0.25) is 0 Å². The Bertz CT molecular complexity index is 548. The van der Waals surface area contributed by atoms with Gasteiger partial charge in [0.15, 0.2) is 0 Å². The fourth-order valence-electron chi connectivity index (χ4n) is 1.49. The summed E-state index contributed by atoms with van der Waals surface area (Å²) in [5, 5.41) is 0.530. The lowest BCUT2D eigenvalue weighted by Crippen LogP contribution is -2.13. The molecule has 5 heteroatoms. The van der Waals surface area contributed by atoms with Crippen molar-refractivity contribution in [2.24, 2.45) is 0 Å². The van der Waals surface area contributed by atoms with Crippen LogP contribution in [0.2, 0.25) is 5.02 Å². The smallest absolute Gasteiger partial charge is 0.147 e. The molecule has 2 rings (SSSR count). The molecule has 17 heavy (non-hydrogen) atoms. The van der Waals surface area contributed by atoms with Crippen LogP contribution in [-0.2, 0) is 0 Å². The number of anilines is 2. The van der Waals surface area contributed by atoms with E-state index in [1.165, 1.54) is 12.3 Å². The number of hydrogen-bond donors (Lipinski definition) is 0. The standard InChI is InChI=1S/C12H9BrClFN2/c1-17(11-5-3-2-4-10(11)15)12-9(13)6-8(14)7-16-12/h2-7H,1H3. The van der Waals surface area contributed by atoms with E-state index in [4.69, 9.17) is 11.6 Å². The lowest BCUT2D eigenvalue weighted by atomic mass is 10.3. The Morgan fingerprint density at radius 3 is 2.71 bits per heavy atom. The van der Waals surface area contributed by atoms with E-state index in [-0.39, 0.29) is 5.82 Å². The van der Waals surface area contributed by atoms with Gasteiger partial charge in [0.05, 0.1) is 15.2 Å². The van der Waals surface area contributed by atoms with Gasteiger partial charge in [0.1, 0.15) is 11.6 Å². The summed E-state index contributed by atoms with van der Waals surface area (Å²) in [4.78, 5) is 5.84. The van der Waals surface area contributed by atoms with Crippen LogP contribution in [0.25, 0.3) is 0 Å². The van der Waals surface area contributed by atoms with Crippen molar-refractivity contribution in [3.8, 4) is 0 Å². The van der Waals surface area contributed by atoms with E-state index in [2.05, 4.69) is 20.9 Å². The molecule has 0 spiro atoms. The molecule has 0 atom stereocenters. The first-order valence-electron chi connectivity index (χ1n) is 4.89. The summed E-state index contributed by atoms with van der Waals surface area (Å²) in [6.07, 6.45) is 1.53. The third-order valence-electron chi connectivity index (χ3n) is 2.32. The number of pyridine rings is 1. The van der Waals surface area contributed by atoms with Gasteiger partial charge in [-0.1, -0.05) is 23.7 Å². The molecule has 0 saturated heterocycles. The van der Waals surface area contributed by atoms with Crippen LogP contribution in [-0.4, -0.2) is 12.0 Å². The highest BCUT2D eigenvalue weighted by molar-refractivity contribution is 9.10. The zero-order valence-corrected chi connectivity index (χ0v) is 11.3. The zero-order valence-electron chi connectivity index (χ0n) is 8.99. The van der Waals surface area contributed by atoms with Crippen molar-refractivity contribution in [3.05, 3.63) is 51.8 Å². The van der Waals surface area contributed by atoms with E-state index in [0.717, 1.165) is 4.47 Å². The quantitative estimate of drug-likeness (QED) is 0.816. The third kappa shape index (κ3) is 2.58. The number of rotatable bonds is 2. The van der Waals surface area contributed by atoms with Crippen LogP contribution in [0.15, 0.2) is 41.0 Å². The Kier molecular flexibility index (Phi) is 3.64. The molecule has 0 amide bonds. The molecule has 1 aromatic carbocycles. The molecule has 0 unspecified atom stereocenters. The summed E-state index contributed by atoms with van der Waals surface area (Å²) in [7, 11) is 1.75. The molecule has 0 aliphatic rings. The predicted molar refractivity (Wildman–Crippen MR) is 71.4 cm³/mol. The molecule has 0 fully saturated rings. The number of para-hydroxylation sites is 1. The molecule has 88 valence electrons. The minimum atomic E-state index is -0.293. The Morgan fingerprint density at radius 1 is 1.35 bits per heavy atom. The van der Waals surface area contributed by atoms with Gasteiger partial charge in [-0.3, -0.25) is 0 Å². The zero-order chi connectivity index (χ0) is 12.4. The van der Waals surface area contributed by atoms with E-state index in [1.54, 1.807) is 36.2 Å². The molecule has 0 aliphatic carbocycles. The van der Waals surface area contributed by atoms with Crippen LogP contribution in [0, 0.1) is 5.82 Å². The molecule has 1 aromatic heterocycles. The van der Waals surface area contributed by atoms with Crippen LogP contribution in [0.1, 0.15) is 0 Å². The Labute approximate surface area is 112 Å². The maximum atomic E-state index is 13.6. The number of hydrogen-bond acceptors (Lipinski definition) is 2. The highest BCUT2D eigenvalue weighted by atomic mass is 79.9. The predicted octanol–water partition coefficient (Wildman–Crippen LogP) is 4.40. The number of nitrogens with zero attached hydrogens (tertiary/aromatic N) is 2. The van der Waals surface area contributed by atoms with Crippen LogP contribution < -0.4 is 4.90 Å². The maximum Gasteiger partial charge on any atom is 0.147 e. The van der Waals surface area contributed by atoms with Crippen LogP contribution >= 0.6 is 27.5 Å². The lowest BCUT2D eigenvalue weighted by molar-refractivity contribution is 0.627. The molecule has 0 aliphatic heterocycles. The topological polar surface area (TPSA) is 16.1 Å². The SMILES string of the molecule is CN(c1ccccc1F)c1ncc(Cl)cc1Br. The monoisotopic (exact) mass is 314 g/mol. The molecule has 0 radical (unpaired) electrons. The van der Waals surface area contributed by atoms with Gasteiger partial charge < -0.3 is 4.90 Å². The van der Waals surface area contributed by atoms with E-state index in [1.807, 2.05) is 0 Å². The summed E-state index contributed by atoms with van der Waals surface area (Å²) in [5.74, 6) is 0.318. The fourth-order valence-corrected chi connectivity index (χ4v) is 2.40. The average molecular weight is 316 g/mol. The summed E-state index contributed by atoms with van der Waals surface area (Å²) in [5.41, 5.74) is 0.461. The average Bonchev–Trinajstić information content (AvgIpc) is 2.29. The van der Waals surface area contributed by atoms with Gasteiger partial charge in [-0.05, 0) is 34.1 Å². The van der Waals surface area contributed by atoms with Crippen molar-refractivity contribution in [1.82, 2.24) is 4.98 Å². The number of benzene rings is 1. The third-order valence-corrected chi connectivity index (χ3v) is 3.11. The van der Waals surface area contributed by atoms with Crippen molar-refractivity contribution in [2.45, 2.75) is 0 Å². The second-order valence-electron chi connectivity index (χ2n) is 3.47. The van der Waals surface area contributed by atoms with Crippen LogP contribution in [0.5, 0.6) is 0 Å². The molecule has 0 bridgehead atoms. The molecule has 2 aromatic rings. The highest BCUT2D eigenvalue weighted by Crippen LogP contribution is 2.31. The van der Waals surface area contributed by atoms with E-state index < -0.39 is 0 Å². The van der Waals surface area contributed by atoms with Gasteiger partial charge in [0.25, 0.3) is 0 Å². The summed E-state index contributed by atoms with van der Waals surface area (Å²) in [6.45, 7) is 0. The van der Waals surface area contributed by atoms with Crippen molar-refractivity contribution in [1.29, 1.82) is 0 Å². The Morgan fingerprint density at radius 2 is 2.06 bits per heavy atom. The van der Waals surface area contributed by atoms with E-state index in [9.17, 15) is 4.39 Å². The summed E-state index contributed by atoms with van der Waals surface area (Å²) >= 11 is 9.17. The van der Waals surface area contributed by atoms with Gasteiger partial charge in [0, 0.05) is 13.2 Å². The highest BCUT2D eigenvalue weighted by Gasteiger charge is 2.12. The van der Waals surface area contributed by atoms with Crippen LogP contribution in [0.3, 0.4) is 0 Å². The van der Waals surface area contributed by atoms with E-state index in [0.29, 0.717) is 16.5 Å². The molecule has 0 saturated carbocycles. The summed E-state index contributed by atoms with van der Waals surface area (Å²) in [6, 6.07) is 8.25. The first-order chi connectivity index (χ1) is 8.09. The Hall–Kier alpha value is -1.13. The van der Waals surface area contributed by atoms with Crippen molar-refractivity contribution < 1.29 is 4.39 Å². The van der Waals surface area contributed by atoms with Crippen molar-refractivity contribution in [2.75, 3.05) is 11.9 Å². The first kappa shape index (κ1) is 12.3. The maximum absolute atomic E-state index is 13.6. The van der Waals surface area contributed by atoms with E-state index >= 15 is 0 Å². The van der Waals surface area contributed by atoms with Crippen molar-refractivity contribution in [3.63, 3.8) is 0 Å². The van der Waals surface area contributed by atoms with Gasteiger partial charge in [-0.15, -0.1) is 0 Å². The summed E-state index contributed by atoms with van der Waals surface area (Å²) < 4.78 is 14.3. The molecular weight excluding hydrogens is 307 g/mol. The minimum Gasteiger partial charge on any atom is -0.326 e. The lowest BCUT2D eigenvalue weighted by Gasteiger charge is -2.20. The molecule has 0 N–H and O–H groups in total. The number of halogens is 3. The normalized spacial score (nSPS) is 10.4. The van der Waals surface area contributed by atoms with Gasteiger partial charge >= 0.3 is 0 Å². The van der Waals surface area contributed by atoms with Gasteiger partial charge in [-0.2, -0.15) is 0 Å². The molecule has 2 nitrogen and oxygen atoms in total.